The van der Waals surface area contributed by atoms with Gasteiger partial charge < -0.3 is 19.5 Å². The average Bonchev–Trinajstić information content (AvgIpc) is 3.31. The summed E-state index contributed by atoms with van der Waals surface area (Å²) in [5.41, 5.74) is -3.84. The van der Waals surface area contributed by atoms with Gasteiger partial charge in [0.1, 0.15) is 5.75 Å². The maximum absolute atomic E-state index is 13.1. The maximum Gasteiger partial charge on any atom is 0.435 e. The van der Waals surface area contributed by atoms with E-state index in [1.807, 2.05) is 34.7 Å². The van der Waals surface area contributed by atoms with E-state index in [0.717, 1.165) is 68.7 Å². The fourth-order valence-corrected chi connectivity index (χ4v) is 9.99. The van der Waals surface area contributed by atoms with Crippen molar-refractivity contribution in [2.75, 3.05) is 44.9 Å². The maximum atomic E-state index is 13.1. The first-order valence-electron chi connectivity index (χ1n) is 16.2. The molecule has 0 saturated heterocycles. The monoisotopic (exact) mass is 725 g/mol. The Bertz CT molecular complexity index is 1110. The minimum atomic E-state index is -6.73. The van der Waals surface area contributed by atoms with E-state index in [2.05, 4.69) is 29.1 Å². The second kappa shape index (κ2) is 15.9. The first kappa shape index (κ1) is 38.8. The minimum absolute atomic E-state index is 0.237. The highest BCUT2D eigenvalue weighted by Crippen LogP contribution is 2.62. The smallest absolute Gasteiger partial charge is 0.435 e. The number of rotatable bonds is 16. The summed E-state index contributed by atoms with van der Waals surface area (Å²) in [7, 11) is 5.72. The molecule has 0 unspecified atom stereocenters. The number of nitrogens with one attached hydrogen (secondary N) is 1. The van der Waals surface area contributed by atoms with E-state index in [0.29, 0.717) is 30.8 Å². The van der Waals surface area contributed by atoms with Crippen molar-refractivity contribution < 1.29 is 53.7 Å². The molecule has 0 radical (unpaired) electrons. The Balaban J connectivity index is 1.26. The molecule has 1 aromatic carbocycles. The largest absolute Gasteiger partial charge is 0.494 e. The van der Waals surface area contributed by atoms with Crippen LogP contribution < -0.4 is 10.1 Å². The van der Waals surface area contributed by atoms with E-state index in [9.17, 15) is 39.5 Å². The molecule has 1 N–H and O–H groups in total. The van der Waals surface area contributed by atoms with Crippen LogP contribution in [0.3, 0.4) is 0 Å². The minimum Gasteiger partial charge on any atom is -0.494 e. The van der Waals surface area contributed by atoms with Crippen molar-refractivity contribution in [3.8, 4) is 5.75 Å². The molecule has 0 bridgehead atoms. The number of ether oxygens (including phenoxy) is 3. The Hall–Kier alpha value is -1.03. The van der Waals surface area contributed by atoms with Gasteiger partial charge in [-0.3, -0.25) is 0 Å². The molecule has 2 saturated carbocycles. The van der Waals surface area contributed by atoms with E-state index in [4.69, 9.17) is 9.47 Å². The van der Waals surface area contributed by atoms with Gasteiger partial charge in [0.05, 0.1) is 19.3 Å². The topological polar surface area (TPSA) is 39.7 Å². The lowest BCUT2D eigenvalue weighted by Gasteiger charge is -2.50. The molecule has 0 heterocycles. The van der Waals surface area contributed by atoms with Crippen molar-refractivity contribution in [2.24, 2.45) is 17.3 Å². The van der Waals surface area contributed by atoms with Crippen LogP contribution in [-0.4, -0.2) is 75.2 Å². The molecule has 0 amide bonds. The lowest BCUT2D eigenvalue weighted by Crippen LogP contribution is -2.67. The van der Waals surface area contributed by atoms with Crippen LogP contribution in [0, 0.1) is 17.3 Å². The lowest BCUT2D eigenvalue weighted by atomic mass is 9.55. The number of aryl methyl sites for hydroxylation is 1. The van der Waals surface area contributed by atoms with Gasteiger partial charge in [-0.15, -0.1) is 0 Å². The van der Waals surface area contributed by atoms with E-state index >= 15 is 0 Å². The highest BCUT2D eigenvalue weighted by atomic mass is 33.1. The predicted molar refractivity (Wildman–Crippen MR) is 166 cm³/mol. The second-order valence-electron chi connectivity index (χ2n) is 12.9. The Morgan fingerprint density at radius 2 is 1.51 bits per heavy atom. The van der Waals surface area contributed by atoms with Crippen molar-refractivity contribution >= 4 is 21.6 Å². The fourth-order valence-electron chi connectivity index (χ4n) is 7.85. The number of hydrogen-bond donors (Lipinski definition) is 1. The highest BCUT2D eigenvalue weighted by molar-refractivity contribution is 8.76. The van der Waals surface area contributed by atoms with Crippen LogP contribution in [-0.2, 0) is 15.9 Å². The molecule has 47 heavy (non-hydrogen) atoms. The number of fused-ring (bicyclic) bond motifs is 5. The average molecular weight is 726 g/mol. The molecule has 1 aromatic rings. The summed E-state index contributed by atoms with van der Waals surface area (Å²) in [5.74, 6) is 4.17. The Morgan fingerprint density at radius 1 is 0.830 bits per heavy atom. The predicted octanol–water partition coefficient (Wildman–Crippen LogP) is 9.52. The van der Waals surface area contributed by atoms with Gasteiger partial charge >= 0.3 is 24.1 Å². The van der Waals surface area contributed by atoms with Crippen LogP contribution in [0.2, 0.25) is 0 Å². The van der Waals surface area contributed by atoms with Gasteiger partial charge in [-0.25, -0.2) is 0 Å². The van der Waals surface area contributed by atoms with Crippen molar-refractivity contribution in [2.45, 2.75) is 101 Å². The zero-order valence-corrected chi connectivity index (χ0v) is 28.2. The van der Waals surface area contributed by atoms with Crippen LogP contribution in [0.25, 0.3) is 0 Å². The SMILES string of the molecule is CNCCCSSCCCOc1ccc2c(c1)CC[C@@H]1[C@@H]2CC[C@]2(C)[C@@H](OCCCOC(C(F)(F)F)(C(F)(F)F)C(F)(F)F)CC[C@@H]12. The Labute approximate surface area is 278 Å². The standard InChI is InChI=1S/C32H44F9NO3S2/c1-28-13-12-24-23-9-7-22(43-16-5-19-47-46-18-3-14-42-2)20-21(23)6-8-25(24)26(28)10-11-27(28)44-15-4-17-45-29(30(33,34)35,31(36,37)38)32(39,40)41/h7,9,20,24-27,42H,3-6,8,10-19H2,1-2H3/t24-,25-,26+,27+,28+/m1/s1. The summed E-state index contributed by atoms with van der Waals surface area (Å²) in [4.78, 5) is 0. The van der Waals surface area contributed by atoms with Gasteiger partial charge in [-0.1, -0.05) is 34.6 Å². The zero-order valence-electron chi connectivity index (χ0n) is 26.6. The molecule has 15 heteroatoms. The molecule has 3 aliphatic carbocycles. The van der Waals surface area contributed by atoms with E-state index < -0.39 is 37.2 Å². The molecule has 270 valence electrons. The third kappa shape index (κ3) is 8.48. The van der Waals surface area contributed by atoms with Crippen LogP contribution in [0.4, 0.5) is 39.5 Å². The second-order valence-corrected chi connectivity index (χ2v) is 15.6. The highest BCUT2D eigenvalue weighted by Gasteiger charge is 2.85. The third-order valence-electron chi connectivity index (χ3n) is 10.1. The quantitative estimate of drug-likeness (QED) is 0.104. The molecule has 0 spiro atoms. The van der Waals surface area contributed by atoms with E-state index in [-0.39, 0.29) is 18.1 Å². The molecular weight excluding hydrogens is 681 g/mol. The molecule has 0 aromatic heterocycles. The molecule has 0 aliphatic heterocycles. The van der Waals surface area contributed by atoms with Crippen molar-refractivity contribution in [3.05, 3.63) is 29.3 Å². The Morgan fingerprint density at radius 3 is 2.17 bits per heavy atom. The summed E-state index contributed by atoms with van der Waals surface area (Å²) < 4.78 is 134. The van der Waals surface area contributed by atoms with Crippen LogP contribution in [0.15, 0.2) is 18.2 Å². The van der Waals surface area contributed by atoms with Gasteiger partial charge in [0.2, 0.25) is 0 Å². The van der Waals surface area contributed by atoms with E-state index in [1.165, 1.54) is 11.1 Å². The molecule has 3 aliphatic rings. The van der Waals surface area contributed by atoms with Gasteiger partial charge in [0.15, 0.2) is 0 Å². The first-order chi connectivity index (χ1) is 22.1. The summed E-state index contributed by atoms with van der Waals surface area (Å²) in [6.45, 7) is 2.10. The molecule has 2 fully saturated rings. The zero-order chi connectivity index (χ0) is 34.5. The molecular formula is C32H44F9NO3S2. The molecule has 5 atom stereocenters. The number of hydrogen-bond acceptors (Lipinski definition) is 6. The van der Waals surface area contributed by atoms with E-state index in [1.54, 1.807) is 0 Å². The summed E-state index contributed by atoms with van der Waals surface area (Å²) in [5, 5.41) is 3.14. The van der Waals surface area contributed by atoms with Crippen molar-refractivity contribution in [3.63, 3.8) is 0 Å². The van der Waals surface area contributed by atoms with Gasteiger partial charge in [0, 0.05) is 18.1 Å². The van der Waals surface area contributed by atoms with Gasteiger partial charge in [-0.05, 0) is 118 Å². The normalized spacial score (nSPS) is 26.5. The summed E-state index contributed by atoms with van der Waals surface area (Å²) in [6.07, 6.45) is -13.7. The van der Waals surface area contributed by atoms with Crippen molar-refractivity contribution in [1.29, 1.82) is 0 Å². The molecule has 4 nitrogen and oxygen atoms in total. The summed E-state index contributed by atoms with van der Waals surface area (Å²) >= 11 is 0. The number of benzene rings is 1. The number of halogens is 9. The van der Waals surface area contributed by atoms with Gasteiger partial charge in [0.25, 0.3) is 0 Å². The Kier molecular flexibility index (Phi) is 13.1. The van der Waals surface area contributed by atoms with Crippen LogP contribution in [0.5, 0.6) is 5.75 Å². The molecule has 4 rings (SSSR count). The third-order valence-corrected chi connectivity index (χ3v) is 12.7. The van der Waals surface area contributed by atoms with Gasteiger partial charge in [-0.2, -0.15) is 39.5 Å². The lowest BCUT2D eigenvalue weighted by molar-refractivity contribution is -0.457. The van der Waals surface area contributed by atoms with Crippen LogP contribution in [0.1, 0.15) is 75.3 Å². The van der Waals surface area contributed by atoms with Crippen LogP contribution >= 0.6 is 21.6 Å². The summed E-state index contributed by atoms with van der Waals surface area (Å²) in [6, 6.07) is 6.39. The first-order valence-corrected chi connectivity index (χ1v) is 18.7. The van der Waals surface area contributed by atoms with Crippen molar-refractivity contribution in [1.82, 2.24) is 5.32 Å². The fraction of sp³-hybridized carbons (Fsp3) is 0.812. The number of alkyl halides is 9.